The number of likely N-dealkylation sites (tertiary alicyclic amines) is 1. The van der Waals surface area contributed by atoms with E-state index in [0.717, 1.165) is 63.2 Å². The van der Waals surface area contributed by atoms with Gasteiger partial charge in [0.25, 0.3) is 0 Å². The van der Waals surface area contributed by atoms with Crippen LogP contribution in [0.15, 0.2) is 18.2 Å². The summed E-state index contributed by atoms with van der Waals surface area (Å²) in [6.07, 6.45) is 3.66. The van der Waals surface area contributed by atoms with Gasteiger partial charge in [-0.15, -0.1) is 0 Å². The average molecular weight is 261 g/mol. The monoisotopic (exact) mass is 261 g/mol. The molecule has 3 nitrogen and oxygen atoms in total. The molecule has 3 heteroatoms. The topological polar surface area (TPSA) is 32.7 Å². The Morgan fingerprint density at radius 3 is 3.05 bits per heavy atom. The fourth-order valence-electron chi connectivity index (χ4n) is 3.34. The van der Waals surface area contributed by atoms with E-state index in [-0.39, 0.29) is 0 Å². The van der Waals surface area contributed by atoms with Gasteiger partial charge in [0.15, 0.2) is 0 Å². The highest BCUT2D eigenvalue weighted by Crippen LogP contribution is 2.41. The second-order valence-electron chi connectivity index (χ2n) is 5.71. The van der Waals surface area contributed by atoms with Gasteiger partial charge in [0.05, 0.1) is 12.2 Å². The van der Waals surface area contributed by atoms with Crippen LogP contribution in [0.4, 0.5) is 0 Å². The van der Waals surface area contributed by atoms with Gasteiger partial charge < -0.3 is 14.7 Å². The molecule has 1 atom stereocenters. The maximum Gasteiger partial charge on any atom is 0.128 e. The van der Waals surface area contributed by atoms with Crippen LogP contribution in [0.1, 0.15) is 37.3 Å². The highest BCUT2D eigenvalue weighted by atomic mass is 16.5. The number of rotatable bonds is 2. The van der Waals surface area contributed by atoms with Crippen LogP contribution >= 0.6 is 0 Å². The lowest BCUT2D eigenvalue weighted by molar-refractivity contribution is 0.0191. The number of hydrogen-bond acceptors (Lipinski definition) is 3. The van der Waals surface area contributed by atoms with Crippen molar-refractivity contribution in [2.75, 3.05) is 26.2 Å². The van der Waals surface area contributed by atoms with Crippen molar-refractivity contribution < 1.29 is 9.84 Å². The first-order valence-electron chi connectivity index (χ1n) is 7.43. The van der Waals surface area contributed by atoms with Crippen molar-refractivity contribution in [2.45, 2.75) is 38.2 Å². The Morgan fingerprint density at radius 1 is 1.32 bits per heavy atom. The first-order valence-corrected chi connectivity index (χ1v) is 7.43. The molecule has 0 aromatic heterocycles. The summed E-state index contributed by atoms with van der Waals surface area (Å²) in [5.41, 5.74) is 1.56. The maximum atomic E-state index is 11.1. The molecule has 1 aromatic rings. The fourth-order valence-corrected chi connectivity index (χ4v) is 3.34. The molecule has 2 heterocycles. The number of aliphatic hydroxyl groups is 1. The number of nitrogens with zero attached hydrogens (tertiary/aromatic N) is 1. The van der Waals surface area contributed by atoms with E-state index in [0.29, 0.717) is 0 Å². The van der Waals surface area contributed by atoms with Gasteiger partial charge in [0.2, 0.25) is 0 Å². The molecule has 1 unspecified atom stereocenters. The maximum absolute atomic E-state index is 11.1. The number of hydrogen-bond donors (Lipinski definition) is 1. The summed E-state index contributed by atoms with van der Waals surface area (Å²) in [6, 6.07) is 6.22. The highest BCUT2D eigenvalue weighted by Gasteiger charge is 2.35. The molecule has 0 spiro atoms. The minimum atomic E-state index is -0.709. The summed E-state index contributed by atoms with van der Waals surface area (Å²) in [4.78, 5) is 2.42. The van der Waals surface area contributed by atoms with Crippen molar-refractivity contribution in [1.82, 2.24) is 4.90 Å². The standard InChI is InChI=1S/C16H23NO2/c1-2-17-10-4-8-16(18,9-11-17)14-6-3-5-13-7-12-19-15(13)14/h3,5-6,18H,2,4,7-12H2,1H3. The number of ether oxygens (including phenoxy) is 1. The third-order valence-electron chi connectivity index (χ3n) is 4.57. The molecule has 1 fully saturated rings. The lowest BCUT2D eigenvalue weighted by Crippen LogP contribution is -2.29. The minimum absolute atomic E-state index is 0.709. The van der Waals surface area contributed by atoms with E-state index in [1.807, 2.05) is 6.07 Å². The quantitative estimate of drug-likeness (QED) is 0.887. The molecular formula is C16H23NO2. The van der Waals surface area contributed by atoms with E-state index < -0.39 is 5.60 Å². The Hall–Kier alpha value is -1.06. The third kappa shape index (κ3) is 2.37. The molecule has 1 N–H and O–H groups in total. The lowest BCUT2D eigenvalue weighted by atomic mass is 9.85. The molecule has 0 amide bonds. The summed E-state index contributed by atoms with van der Waals surface area (Å²) in [5.74, 6) is 0.954. The molecule has 0 radical (unpaired) electrons. The molecular weight excluding hydrogens is 238 g/mol. The van der Waals surface area contributed by atoms with Gasteiger partial charge in [0.1, 0.15) is 5.75 Å². The number of para-hydroxylation sites is 1. The van der Waals surface area contributed by atoms with Crippen LogP contribution < -0.4 is 4.74 Å². The van der Waals surface area contributed by atoms with Crippen LogP contribution in [0.25, 0.3) is 0 Å². The van der Waals surface area contributed by atoms with Crippen LogP contribution in [0.3, 0.4) is 0 Å². The SMILES string of the molecule is CCN1CCCC(O)(c2cccc3c2OCC3)CC1. The van der Waals surface area contributed by atoms with E-state index in [2.05, 4.69) is 24.0 Å². The van der Waals surface area contributed by atoms with E-state index in [1.165, 1.54) is 5.56 Å². The minimum Gasteiger partial charge on any atom is -0.493 e. The summed E-state index contributed by atoms with van der Waals surface area (Å²) in [7, 11) is 0. The van der Waals surface area contributed by atoms with Gasteiger partial charge >= 0.3 is 0 Å². The van der Waals surface area contributed by atoms with Crippen molar-refractivity contribution in [2.24, 2.45) is 0 Å². The van der Waals surface area contributed by atoms with Gasteiger partial charge in [0, 0.05) is 18.5 Å². The Morgan fingerprint density at radius 2 is 2.21 bits per heavy atom. The molecule has 19 heavy (non-hydrogen) atoms. The highest BCUT2D eigenvalue weighted by molar-refractivity contribution is 5.47. The van der Waals surface area contributed by atoms with Gasteiger partial charge in [-0.3, -0.25) is 0 Å². The van der Waals surface area contributed by atoms with Crippen molar-refractivity contribution in [1.29, 1.82) is 0 Å². The van der Waals surface area contributed by atoms with Crippen LogP contribution in [-0.4, -0.2) is 36.2 Å². The zero-order valence-electron chi connectivity index (χ0n) is 11.7. The van der Waals surface area contributed by atoms with E-state index in [4.69, 9.17) is 4.74 Å². The summed E-state index contributed by atoms with van der Waals surface area (Å²) in [6.45, 7) is 6.07. The smallest absolute Gasteiger partial charge is 0.128 e. The first-order chi connectivity index (χ1) is 9.23. The zero-order chi connectivity index (χ0) is 13.3. The van der Waals surface area contributed by atoms with Crippen molar-refractivity contribution in [3.05, 3.63) is 29.3 Å². The largest absolute Gasteiger partial charge is 0.493 e. The summed E-state index contributed by atoms with van der Waals surface area (Å²) >= 11 is 0. The molecule has 104 valence electrons. The number of benzene rings is 1. The van der Waals surface area contributed by atoms with E-state index in [9.17, 15) is 5.11 Å². The molecule has 1 saturated heterocycles. The summed E-state index contributed by atoms with van der Waals surface area (Å²) in [5, 5.41) is 11.1. The Kier molecular flexibility index (Phi) is 3.50. The summed E-state index contributed by atoms with van der Waals surface area (Å²) < 4.78 is 5.77. The second-order valence-corrected chi connectivity index (χ2v) is 5.71. The number of fused-ring (bicyclic) bond motifs is 1. The Labute approximate surface area is 115 Å². The van der Waals surface area contributed by atoms with Crippen molar-refractivity contribution in [3.8, 4) is 5.75 Å². The van der Waals surface area contributed by atoms with Gasteiger partial charge in [-0.05, 0) is 37.9 Å². The average Bonchev–Trinajstić information content (AvgIpc) is 2.82. The third-order valence-corrected chi connectivity index (χ3v) is 4.57. The molecule has 3 rings (SSSR count). The van der Waals surface area contributed by atoms with Crippen molar-refractivity contribution in [3.63, 3.8) is 0 Å². The van der Waals surface area contributed by atoms with Crippen LogP contribution in [0, 0.1) is 0 Å². The zero-order valence-corrected chi connectivity index (χ0v) is 11.7. The lowest BCUT2D eigenvalue weighted by Gasteiger charge is -2.29. The fraction of sp³-hybridized carbons (Fsp3) is 0.625. The van der Waals surface area contributed by atoms with Gasteiger partial charge in [-0.25, -0.2) is 0 Å². The normalized spacial score (nSPS) is 27.7. The predicted octanol–water partition coefficient (Wildman–Crippen LogP) is 2.31. The van der Waals surface area contributed by atoms with Crippen LogP contribution in [0.2, 0.25) is 0 Å². The van der Waals surface area contributed by atoms with E-state index in [1.54, 1.807) is 0 Å². The van der Waals surface area contributed by atoms with E-state index >= 15 is 0 Å². The van der Waals surface area contributed by atoms with Crippen molar-refractivity contribution >= 4 is 0 Å². The van der Waals surface area contributed by atoms with Gasteiger partial charge in [-0.2, -0.15) is 0 Å². The molecule has 2 aliphatic rings. The molecule has 2 aliphatic heterocycles. The second kappa shape index (κ2) is 5.14. The van der Waals surface area contributed by atoms with Crippen LogP contribution in [0.5, 0.6) is 5.75 Å². The van der Waals surface area contributed by atoms with Crippen LogP contribution in [-0.2, 0) is 12.0 Å². The molecule has 0 aliphatic carbocycles. The molecule has 1 aromatic carbocycles. The Bertz CT molecular complexity index is 460. The first kappa shape index (κ1) is 12.9. The molecule has 0 saturated carbocycles. The Balaban J connectivity index is 1.90. The molecule has 0 bridgehead atoms. The van der Waals surface area contributed by atoms with Gasteiger partial charge in [-0.1, -0.05) is 25.1 Å². The predicted molar refractivity (Wildman–Crippen MR) is 75.5 cm³/mol.